The third-order valence-corrected chi connectivity index (χ3v) is 1.74. The third-order valence-electron chi connectivity index (χ3n) is 1.74. The lowest BCUT2D eigenvalue weighted by Gasteiger charge is -2.12. The van der Waals surface area contributed by atoms with Crippen LogP contribution in [0.1, 0.15) is 11.7 Å². The van der Waals surface area contributed by atoms with Crippen LogP contribution in [0, 0.1) is 0 Å². The molecular weight excluding hydrogens is 150 g/mol. The number of benzene rings is 1. The quantitative estimate of drug-likeness (QED) is 0.616. The Morgan fingerprint density at radius 2 is 2.00 bits per heavy atom. The number of allylic oxidation sites excluding steroid dienone is 1. The van der Waals surface area contributed by atoms with Crippen LogP contribution >= 0.6 is 0 Å². The second kappa shape index (κ2) is 3.22. The van der Waals surface area contributed by atoms with Crippen molar-refractivity contribution < 1.29 is 4.84 Å². The molecule has 0 amide bonds. The Balaban J connectivity index is 2.21. The molecule has 0 bridgehead atoms. The molecule has 0 aromatic heterocycles. The van der Waals surface area contributed by atoms with Crippen molar-refractivity contribution in [1.82, 2.24) is 0 Å². The molecule has 2 nitrogen and oxygen atoms in total. The highest BCUT2D eigenvalue weighted by Gasteiger charge is 2.08. The maximum absolute atomic E-state index is 5.15. The fourth-order valence-electron chi connectivity index (χ4n) is 1.14. The molecule has 2 rings (SSSR count). The van der Waals surface area contributed by atoms with E-state index in [1.165, 1.54) is 0 Å². The summed E-state index contributed by atoms with van der Waals surface area (Å²) in [5, 5.41) is 3.72. The van der Waals surface area contributed by atoms with Gasteiger partial charge in [0.2, 0.25) is 0 Å². The number of nitrogens with zero attached hydrogens (tertiary/aromatic N) is 1. The van der Waals surface area contributed by atoms with Crippen molar-refractivity contribution in [1.29, 1.82) is 0 Å². The number of oxime groups is 1. The molecule has 1 atom stereocenters. The van der Waals surface area contributed by atoms with Crippen LogP contribution in [-0.2, 0) is 4.84 Å². The summed E-state index contributed by atoms with van der Waals surface area (Å²) in [5.74, 6) is 0. The van der Waals surface area contributed by atoms with Crippen LogP contribution in [0.4, 0.5) is 0 Å². The molecule has 1 aromatic carbocycles. The van der Waals surface area contributed by atoms with Crippen molar-refractivity contribution in [2.75, 3.05) is 0 Å². The standard InChI is InChI=1S/C10H9NO/c1-2-5-9(6-3-1)10-7-4-8-11-12-10/h1-8,10H. The fraction of sp³-hybridized carbons (Fsp3) is 0.100. The molecule has 0 saturated heterocycles. The van der Waals surface area contributed by atoms with Crippen molar-refractivity contribution in [2.24, 2.45) is 5.16 Å². The van der Waals surface area contributed by atoms with Crippen LogP contribution in [0.2, 0.25) is 0 Å². The van der Waals surface area contributed by atoms with Gasteiger partial charge in [-0.1, -0.05) is 35.5 Å². The molecule has 1 aliphatic rings. The topological polar surface area (TPSA) is 21.6 Å². The van der Waals surface area contributed by atoms with Crippen LogP contribution in [0.25, 0.3) is 0 Å². The van der Waals surface area contributed by atoms with Crippen LogP contribution in [-0.4, -0.2) is 6.21 Å². The Kier molecular flexibility index (Phi) is 1.90. The van der Waals surface area contributed by atoms with Gasteiger partial charge >= 0.3 is 0 Å². The zero-order valence-corrected chi connectivity index (χ0v) is 6.55. The summed E-state index contributed by atoms with van der Waals surface area (Å²) in [5.41, 5.74) is 1.13. The lowest BCUT2D eigenvalue weighted by Crippen LogP contribution is -1.99. The van der Waals surface area contributed by atoms with Crippen molar-refractivity contribution in [3.05, 3.63) is 48.0 Å². The first kappa shape index (κ1) is 7.10. The van der Waals surface area contributed by atoms with E-state index in [0.29, 0.717) is 0 Å². The zero-order valence-electron chi connectivity index (χ0n) is 6.55. The van der Waals surface area contributed by atoms with Gasteiger partial charge < -0.3 is 4.84 Å². The monoisotopic (exact) mass is 159 g/mol. The molecule has 1 aromatic rings. The molecule has 12 heavy (non-hydrogen) atoms. The summed E-state index contributed by atoms with van der Waals surface area (Å²) in [6.45, 7) is 0. The van der Waals surface area contributed by atoms with E-state index < -0.39 is 0 Å². The molecule has 0 spiro atoms. The van der Waals surface area contributed by atoms with Crippen LogP contribution in [0.15, 0.2) is 47.6 Å². The minimum absolute atomic E-state index is 0.0174. The smallest absolute Gasteiger partial charge is 0.171 e. The lowest BCUT2D eigenvalue weighted by atomic mass is 10.1. The molecule has 0 fully saturated rings. The van der Waals surface area contributed by atoms with E-state index in [1.807, 2.05) is 42.5 Å². The van der Waals surface area contributed by atoms with Gasteiger partial charge in [-0.25, -0.2) is 0 Å². The second-order valence-corrected chi connectivity index (χ2v) is 2.58. The average molecular weight is 159 g/mol. The number of hydrogen-bond acceptors (Lipinski definition) is 2. The van der Waals surface area contributed by atoms with Gasteiger partial charge in [0.05, 0.1) is 6.21 Å². The van der Waals surface area contributed by atoms with Crippen molar-refractivity contribution in [2.45, 2.75) is 6.10 Å². The fourth-order valence-corrected chi connectivity index (χ4v) is 1.14. The van der Waals surface area contributed by atoms with Crippen LogP contribution in [0.3, 0.4) is 0 Å². The van der Waals surface area contributed by atoms with Gasteiger partial charge in [-0.15, -0.1) is 0 Å². The maximum Gasteiger partial charge on any atom is 0.171 e. The van der Waals surface area contributed by atoms with Gasteiger partial charge in [0, 0.05) is 0 Å². The molecule has 0 saturated carbocycles. The number of hydrogen-bond donors (Lipinski definition) is 0. The Morgan fingerprint density at radius 1 is 1.17 bits per heavy atom. The summed E-state index contributed by atoms with van der Waals surface area (Å²) < 4.78 is 0. The predicted octanol–water partition coefficient (Wildman–Crippen LogP) is 2.30. The van der Waals surface area contributed by atoms with Crippen LogP contribution < -0.4 is 0 Å². The second-order valence-electron chi connectivity index (χ2n) is 2.58. The Hall–Kier alpha value is -1.57. The molecular formula is C10H9NO. The summed E-state index contributed by atoms with van der Waals surface area (Å²) in [7, 11) is 0. The van der Waals surface area contributed by atoms with Gasteiger partial charge in [-0.05, 0) is 17.7 Å². The number of rotatable bonds is 1. The molecule has 1 aliphatic heterocycles. The highest BCUT2D eigenvalue weighted by atomic mass is 16.6. The lowest BCUT2D eigenvalue weighted by molar-refractivity contribution is 0.0915. The van der Waals surface area contributed by atoms with Crippen LogP contribution in [0.5, 0.6) is 0 Å². The van der Waals surface area contributed by atoms with Gasteiger partial charge in [0.25, 0.3) is 0 Å². The molecule has 2 heteroatoms. The highest BCUT2D eigenvalue weighted by molar-refractivity contribution is 5.71. The van der Waals surface area contributed by atoms with E-state index in [4.69, 9.17) is 4.84 Å². The third kappa shape index (κ3) is 1.37. The van der Waals surface area contributed by atoms with Crippen molar-refractivity contribution in [3.8, 4) is 0 Å². The SMILES string of the molecule is C1=CC(c2ccccc2)ON=C1. The van der Waals surface area contributed by atoms with E-state index in [1.54, 1.807) is 6.21 Å². The first-order valence-electron chi connectivity index (χ1n) is 3.88. The van der Waals surface area contributed by atoms with Gasteiger partial charge in [0.1, 0.15) is 0 Å². The molecule has 0 radical (unpaired) electrons. The minimum Gasteiger partial charge on any atom is -0.383 e. The van der Waals surface area contributed by atoms with Gasteiger partial charge in [-0.2, -0.15) is 0 Å². The van der Waals surface area contributed by atoms with Gasteiger partial charge in [0.15, 0.2) is 6.10 Å². The molecule has 1 heterocycles. The molecule has 0 aliphatic carbocycles. The normalized spacial score (nSPS) is 20.5. The molecule has 60 valence electrons. The van der Waals surface area contributed by atoms with E-state index in [9.17, 15) is 0 Å². The van der Waals surface area contributed by atoms with Gasteiger partial charge in [-0.3, -0.25) is 0 Å². The van der Waals surface area contributed by atoms with Crippen molar-refractivity contribution >= 4 is 6.21 Å². The largest absolute Gasteiger partial charge is 0.383 e. The van der Waals surface area contributed by atoms with E-state index in [0.717, 1.165) is 5.56 Å². The summed E-state index contributed by atoms with van der Waals surface area (Å²) in [6, 6.07) is 10.0. The highest BCUT2D eigenvalue weighted by Crippen LogP contribution is 2.19. The summed E-state index contributed by atoms with van der Waals surface area (Å²) >= 11 is 0. The predicted molar refractivity (Wildman–Crippen MR) is 47.9 cm³/mol. The maximum atomic E-state index is 5.15. The minimum atomic E-state index is -0.0174. The van der Waals surface area contributed by atoms with E-state index in [-0.39, 0.29) is 6.10 Å². The average Bonchev–Trinajstić information content (AvgIpc) is 2.21. The van der Waals surface area contributed by atoms with E-state index >= 15 is 0 Å². The Morgan fingerprint density at radius 3 is 2.67 bits per heavy atom. The zero-order chi connectivity index (χ0) is 8.23. The Bertz CT molecular complexity index is 303. The summed E-state index contributed by atoms with van der Waals surface area (Å²) in [6.07, 6.45) is 5.49. The Labute approximate surface area is 71.2 Å². The molecule has 1 unspecified atom stereocenters. The molecule has 0 N–H and O–H groups in total. The first-order valence-corrected chi connectivity index (χ1v) is 3.88. The summed E-state index contributed by atoms with van der Waals surface area (Å²) in [4.78, 5) is 5.15. The van der Waals surface area contributed by atoms with Crippen molar-refractivity contribution in [3.63, 3.8) is 0 Å². The first-order chi connectivity index (χ1) is 5.97. The van der Waals surface area contributed by atoms with E-state index in [2.05, 4.69) is 5.16 Å².